The van der Waals surface area contributed by atoms with E-state index in [0.717, 1.165) is 42.7 Å². The maximum atomic E-state index is 12.8. The number of aromatic nitrogens is 1. The molecule has 0 amide bonds. The number of fused-ring (bicyclic) bond motifs is 5. The number of rotatable bonds is 3. The minimum atomic E-state index is -0.413. The standard InChI is InChI=1S/C27H24N2O4/c30-24-10-9-19-12-21(18-5-2-1-3-6-18)27(32)33-26(19)22(24)16-28-13-17-11-20(15-28)23-7-4-8-25(31)29(23)14-17/h1-10,12,17,20,30H,11,13-16H2/t17-,20+/m1/s1. The smallest absolute Gasteiger partial charge is 0.344 e. The first-order chi connectivity index (χ1) is 16.1. The summed E-state index contributed by atoms with van der Waals surface area (Å²) in [5.41, 5.74) is 3.13. The van der Waals surface area contributed by atoms with Crippen molar-refractivity contribution in [3.63, 3.8) is 0 Å². The Bertz CT molecular complexity index is 1470. The Kier molecular flexibility index (Phi) is 4.69. The van der Waals surface area contributed by atoms with Crippen molar-refractivity contribution in [2.45, 2.75) is 25.4 Å². The number of phenolic OH excluding ortho intramolecular Hbond substituents is 1. The maximum absolute atomic E-state index is 12.8. The molecule has 2 aliphatic rings. The van der Waals surface area contributed by atoms with Crippen LogP contribution >= 0.6 is 0 Å². The zero-order valence-electron chi connectivity index (χ0n) is 18.1. The summed E-state index contributed by atoms with van der Waals surface area (Å²) in [5, 5.41) is 11.5. The van der Waals surface area contributed by atoms with Gasteiger partial charge < -0.3 is 14.1 Å². The molecule has 2 bridgehead atoms. The summed E-state index contributed by atoms with van der Waals surface area (Å²) >= 11 is 0. The second-order valence-electron chi connectivity index (χ2n) is 9.19. The summed E-state index contributed by atoms with van der Waals surface area (Å²) in [7, 11) is 0. The molecule has 4 aromatic rings. The lowest BCUT2D eigenvalue weighted by Crippen LogP contribution is -2.46. The van der Waals surface area contributed by atoms with Gasteiger partial charge in [0.05, 0.1) is 11.1 Å². The van der Waals surface area contributed by atoms with Crippen molar-refractivity contribution in [2.75, 3.05) is 13.1 Å². The van der Waals surface area contributed by atoms with Crippen LogP contribution in [0.5, 0.6) is 5.75 Å². The van der Waals surface area contributed by atoms with E-state index < -0.39 is 5.63 Å². The lowest BCUT2D eigenvalue weighted by Gasteiger charge is -2.42. The molecular weight excluding hydrogens is 416 g/mol. The summed E-state index contributed by atoms with van der Waals surface area (Å²) in [4.78, 5) is 27.4. The lowest BCUT2D eigenvalue weighted by molar-refractivity contribution is 0.113. The lowest BCUT2D eigenvalue weighted by atomic mass is 9.83. The van der Waals surface area contributed by atoms with Gasteiger partial charge in [-0.2, -0.15) is 0 Å². The van der Waals surface area contributed by atoms with E-state index in [-0.39, 0.29) is 17.2 Å². The van der Waals surface area contributed by atoms with Crippen LogP contribution in [0.1, 0.15) is 23.6 Å². The number of pyridine rings is 1. The van der Waals surface area contributed by atoms with Crippen LogP contribution in [-0.4, -0.2) is 27.7 Å². The number of benzene rings is 2. The van der Waals surface area contributed by atoms with Crippen molar-refractivity contribution in [3.05, 3.63) is 98.8 Å². The number of hydrogen-bond donors (Lipinski definition) is 1. The van der Waals surface area contributed by atoms with Crippen LogP contribution in [-0.2, 0) is 13.1 Å². The van der Waals surface area contributed by atoms with Gasteiger partial charge in [-0.05, 0) is 42.2 Å². The fourth-order valence-electron chi connectivity index (χ4n) is 5.55. The highest BCUT2D eigenvalue weighted by Crippen LogP contribution is 2.37. The van der Waals surface area contributed by atoms with Crippen molar-refractivity contribution >= 4 is 11.0 Å². The largest absolute Gasteiger partial charge is 0.507 e. The molecule has 0 aliphatic carbocycles. The van der Waals surface area contributed by atoms with E-state index >= 15 is 0 Å². The third-order valence-electron chi connectivity index (χ3n) is 7.00. The van der Waals surface area contributed by atoms with E-state index in [0.29, 0.717) is 29.2 Å². The van der Waals surface area contributed by atoms with Crippen molar-refractivity contribution < 1.29 is 9.52 Å². The Morgan fingerprint density at radius 1 is 0.939 bits per heavy atom. The summed E-state index contributed by atoms with van der Waals surface area (Å²) in [6.45, 7) is 2.83. The second-order valence-corrected chi connectivity index (χ2v) is 9.19. The molecule has 6 rings (SSSR count). The van der Waals surface area contributed by atoms with E-state index in [2.05, 4.69) is 4.90 Å². The van der Waals surface area contributed by atoms with Gasteiger partial charge in [0.25, 0.3) is 5.56 Å². The normalized spacial score (nSPS) is 20.0. The number of nitrogens with zero attached hydrogens (tertiary/aromatic N) is 2. The van der Waals surface area contributed by atoms with Crippen molar-refractivity contribution in [1.29, 1.82) is 0 Å². The minimum Gasteiger partial charge on any atom is -0.507 e. The Hall–Kier alpha value is -3.64. The molecule has 2 aromatic heterocycles. The van der Waals surface area contributed by atoms with Crippen LogP contribution in [0.25, 0.3) is 22.1 Å². The first-order valence-corrected chi connectivity index (χ1v) is 11.3. The molecule has 2 aromatic carbocycles. The quantitative estimate of drug-likeness (QED) is 0.489. The average molecular weight is 440 g/mol. The molecule has 1 N–H and O–H groups in total. The number of aromatic hydroxyl groups is 1. The SMILES string of the molecule is O=c1oc2c(CN3C[C@H]4C[C@@H](C3)c3cccc(=O)n3C4)c(O)ccc2cc1-c1ccccc1. The maximum Gasteiger partial charge on any atom is 0.344 e. The average Bonchev–Trinajstić information content (AvgIpc) is 2.82. The number of phenols is 1. The number of hydrogen-bond acceptors (Lipinski definition) is 5. The van der Waals surface area contributed by atoms with Gasteiger partial charge >= 0.3 is 5.63 Å². The molecular formula is C27H24N2O4. The first kappa shape index (κ1) is 20.0. The predicted molar refractivity (Wildman–Crippen MR) is 126 cm³/mol. The Morgan fingerprint density at radius 3 is 2.64 bits per heavy atom. The summed E-state index contributed by atoms with van der Waals surface area (Å²) in [6.07, 6.45) is 1.07. The van der Waals surface area contributed by atoms with Gasteiger partial charge in [0.15, 0.2) is 0 Å². The van der Waals surface area contributed by atoms with Gasteiger partial charge in [-0.15, -0.1) is 0 Å². The molecule has 2 aliphatic heterocycles. The second kappa shape index (κ2) is 7.74. The van der Waals surface area contributed by atoms with E-state index in [9.17, 15) is 14.7 Å². The highest BCUT2D eigenvalue weighted by molar-refractivity contribution is 5.85. The fraction of sp³-hybridized carbons (Fsp3) is 0.259. The predicted octanol–water partition coefficient (Wildman–Crippen LogP) is 3.95. The molecule has 33 heavy (non-hydrogen) atoms. The van der Waals surface area contributed by atoms with Gasteiger partial charge in [-0.1, -0.05) is 36.4 Å². The molecule has 6 heteroatoms. The van der Waals surface area contributed by atoms with Crippen LogP contribution in [0.4, 0.5) is 0 Å². The highest BCUT2D eigenvalue weighted by Gasteiger charge is 2.35. The number of piperidine rings is 1. The highest BCUT2D eigenvalue weighted by atomic mass is 16.4. The monoisotopic (exact) mass is 440 g/mol. The molecule has 0 radical (unpaired) electrons. The molecule has 0 saturated carbocycles. The van der Waals surface area contributed by atoms with Gasteiger partial charge in [-0.25, -0.2) is 4.79 Å². The van der Waals surface area contributed by atoms with Crippen LogP contribution < -0.4 is 11.2 Å². The minimum absolute atomic E-state index is 0.0679. The molecule has 0 unspecified atom stereocenters. The van der Waals surface area contributed by atoms with Crippen LogP contribution in [0.15, 0.2) is 80.7 Å². The van der Waals surface area contributed by atoms with Gasteiger partial charge in [-0.3, -0.25) is 9.69 Å². The molecule has 1 fully saturated rings. The summed E-state index contributed by atoms with van der Waals surface area (Å²) in [5.74, 6) is 0.788. The van der Waals surface area contributed by atoms with E-state index in [1.165, 1.54) is 0 Å². The van der Waals surface area contributed by atoms with Gasteiger partial charge in [0.2, 0.25) is 0 Å². The summed E-state index contributed by atoms with van der Waals surface area (Å²) in [6, 6.07) is 20.3. The fourth-order valence-corrected chi connectivity index (χ4v) is 5.55. The Labute approximate surface area is 190 Å². The Morgan fingerprint density at radius 2 is 1.79 bits per heavy atom. The molecule has 166 valence electrons. The van der Waals surface area contributed by atoms with Crippen molar-refractivity contribution in [3.8, 4) is 16.9 Å². The number of likely N-dealkylation sites (tertiary alicyclic amines) is 1. The van der Waals surface area contributed by atoms with Crippen molar-refractivity contribution in [1.82, 2.24) is 9.47 Å². The zero-order chi connectivity index (χ0) is 22.5. The van der Waals surface area contributed by atoms with Crippen LogP contribution in [0.2, 0.25) is 0 Å². The molecule has 0 spiro atoms. The molecule has 4 heterocycles. The Balaban J connectivity index is 1.36. The summed E-state index contributed by atoms with van der Waals surface area (Å²) < 4.78 is 7.69. The topological polar surface area (TPSA) is 75.7 Å². The third-order valence-corrected chi connectivity index (χ3v) is 7.00. The molecule has 6 nitrogen and oxygen atoms in total. The van der Waals surface area contributed by atoms with Crippen LogP contribution in [0, 0.1) is 5.92 Å². The third kappa shape index (κ3) is 3.47. The van der Waals surface area contributed by atoms with E-state index in [1.54, 1.807) is 18.2 Å². The zero-order valence-corrected chi connectivity index (χ0v) is 18.1. The van der Waals surface area contributed by atoms with Crippen LogP contribution in [0.3, 0.4) is 0 Å². The first-order valence-electron chi connectivity index (χ1n) is 11.3. The van der Waals surface area contributed by atoms with Crippen molar-refractivity contribution in [2.24, 2.45) is 5.92 Å². The van der Waals surface area contributed by atoms with E-state index in [4.69, 9.17) is 4.42 Å². The molecule has 1 saturated heterocycles. The van der Waals surface area contributed by atoms with E-state index in [1.807, 2.05) is 53.1 Å². The van der Waals surface area contributed by atoms with Gasteiger partial charge in [0, 0.05) is 49.2 Å². The van der Waals surface area contributed by atoms with Gasteiger partial charge in [0.1, 0.15) is 11.3 Å². The molecule has 2 atom stereocenters.